The van der Waals surface area contributed by atoms with Gasteiger partial charge >= 0.3 is 6.09 Å². The van der Waals surface area contributed by atoms with E-state index in [1.807, 2.05) is 6.92 Å². The van der Waals surface area contributed by atoms with Crippen molar-refractivity contribution in [3.8, 4) is 0 Å². The summed E-state index contributed by atoms with van der Waals surface area (Å²) in [5.74, 6) is 0.493. The normalized spacial score (nSPS) is 24.0. The Morgan fingerprint density at radius 3 is 2.71 bits per heavy atom. The van der Waals surface area contributed by atoms with Crippen LogP contribution in [0.15, 0.2) is 12.1 Å². The number of anilines is 1. The first kappa shape index (κ1) is 16.8. The van der Waals surface area contributed by atoms with E-state index in [1.54, 1.807) is 4.90 Å². The number of nitrogens with one attached hydrogen (secondary N) is 1. The van der Waals surface area contributed by atoms with Gasteiger partial charge in [-0.3, -0.25) is 9.69 Å². The van der Waals surface area contributed by atoms with Gasteiger partial charge in [-0.1, -0.05) is 19.4 Å². The highest BCUT2D eigenvalue weighted by atomic mass is 16.6. The highest BCUT2D eigenvalue weighted by Crippen LogP contribution is 2.33. The number of benzene rings is 1. The van der Waals surface area contributed by atoms with Gasteiger partial charge in [0.15, 0.2) is 0 Å². The van der Waals surface area contributed by atoms with Gasteiger partial charge in [-0.05, 0) is 49.4 Å². The third-order valence-electron chi connectivity index (χ3n) is 5.07. The van der Waals surface area contributed by atoms with Gasteiger partial charge < -0.3 is 10.1 Å². The summed E-state index contributed by atoms with van der Waals surface area (Å²) in [4.78, 5) is 25.3. The summed E-state index contributed by atoms with van der Waals surface area (Å²) in [6.07, 6.45) is 3.14. The largest absolute Gasteiger partial charge is 0.444 e. The Balaban J connectivity index is 1.82. The Labute approximate surface area is 143 Å². The molecule has 2 unspecified atom stereocenters. The minimum atomic E-state index is -0.242. The van der Waals surface area contributed by atoms with E-state index in [0.717, 1.165) is 30.5 Å². The maximum Gasteiger partial charge on any atom is 0.414 e. The smallest absolute Gasteiger partial charge is 0.414 e. The molecule has 0 saturated carbocycles. The molecule has 2 saturated heterocycles. The van der Waals surface area contributed by atoms with Crippen molar-refractivity contribution in [3.05, 3.63) is 28.8 Å². The minimum Gasteiger partial charge on any atom is -0.444 e. The molecule has 2 aliphatic rings. The lowest BCUT2D eigenvalue weighted by Crippen LogP contribution is -2.34. The molecule has 0 radical (unpaired) electrons. The molecule has 2 aliphatic heterocycles. The van der Waals surface area contributed by atoms with Crippen molar-refractivity contribution in [1.82, 2.24) is 5.32 Å². The Bertz CT molecular complexity index is 646. The van der Waals surface area contributed by atoms with E-state index in [-0.39, 0.29) is 18.1 Å². The zero-order valence-electron chi connectivity index (χ0n) is 14.7. The van der Waals surface area contributed by atoms with Gasteiger partial charge in [-0.15, -0.1) is 0 Å². The van der Waals surface area contributed by atoms with Crippen LogP contribution < -0.4 is 10.2 Å². The number of carbonyl (C=O) groups excluding carboxylic acids is 2. The molecule has 3 rings (SSSR count). The van der Waals surface area contributed by atoms with Gasteiger partial charge in [0.05, 0.1) is 12.2 Å². The van der Waals surface area contributed by atoms with Crippen LogP contribution in [0.1, 0.15) is 55.2 Å². The third kappa shape index (κ3) is 3.25. The number of piperidine rings is 1. The van der Waals surface area contributed by atoms with Crippen molar-refractivity contribution in [1.29, 1.82) is 0 Å². The molecule has 0 bridgehead atoms. The van der Waals surface area contributed by atoms with Crippen LogP contribution in [0, 0.1) is 13.8 Å². The van der Waals surface area contributed by atoms with Crippen molar-refractivity contribution >= 4 is 17.7 Å². The first-order valence-electron chi connectivity index (χ1n) is 8.85. The number of amides is 2. The molecule has 24 heavy (non-hydrogen) atoms. The van der Waals surface area contributed by atoms with E-state index in [9.17, 15) is 9.59 Å². The number of carbonyl (C=O) groups is 2. The maximum absolute atomic E-state index is 12.2. The summed E-state index contributed by atoms with van der Waals surface area (Å²) in [6, 6.07) is 4.27. The second-order valence-electron chi connectivity index (χ2n) is 6.94. The minimum absolute atomic E-state index is 0.00422. The zero-order chi connectivity index (χ0) is 17.3. The van der Waals surface area contributed by atoms with Gasteiger partial charge in [0.25, 0.3) is 0 Å². The van der Waals surface area contributed by atoms with Crippen molar-refractivity contribution < 1.29 is 14.3 Å². The molecule has 2 atom stereocenters. The summed E-state index contributed by atoms with van der Waals surface area (Å²) >= 11 is 0. The summed E-state index contributed by atoms with van der Waals surface area (Å²) in [5, 5.41) is 2.95. The van der Waals surface area contributed by atoms with Crippen molar-refractivity contribution in [2.24, 2.45) is 0 Å². The highest BCUT2D eigenvalue weighted by Gasteiger charge is 2.33. The van der Waals surface area contributed by atoms with Crippen LogP contribution >= 0.6 is 0 Å². The average molecular weight is 330 g/mol. The van der Waals surface area contributed by atoms with Crippen molar-refractivity contribution in [3.63, 3.8) is 0 Å². The number of hydrogen-bond acceptors (Lipinski definition) is 3. The molecule has 0 aliphatic carbocycles. The van der Waals surface area contributed by atoms with Gasteiger partial charge in [-0.2, -0.15) is 0 Å². The molecule has 2 heterocycles. The molecule has 0 aromatic heterocycles. The van der Waals surface area contributed by atoms with Crippen LogP contribution in [0.3, 0.4) is 0 Å². The van der Waals surface area contributed by atoms with E-state index >= 15 is 0 Å². The van der Waals surface area contributed by atoms with E-state index in [1.165, 1.54) is 11.1 Å². The number of nitrogens with zero attached hydrogens (tertiary/aromatic N) is 1. The molecule has 5 heteroatoms. The Morgan fingerprint density at radius 2 is 2.04 bits per heavy atom. The number of hydrogen-bond donors (Lipinski definition) is 1. The standard InChI is InChI=1S/C19H26N2O3/c1-4-5-15-11-21(19(23)24-15)17-9-12(2)16(8-13(17)3)14-6-7-18(22)20-10-14/h8-9,14-15H,4-7,10-11H2,1-3H3,(H,20,22). The molecule has 5 nitrogen and oxygen atoms in total. The Kier molecular flexibility index (Phi) is 4.78. The Morgan fingerprint density at radius 1 is 1.25 bits per heavy atom. The van der Waals surface area contributed by atoms with Crippen molar-refractivity contribution in [2.45, 2.75) is 58.5 Å². The lowest BCUT2D eigenvalue weighted by atomic mass is 9.87. The average Bonchev–Trinajstić information content (AvgIpc) is 2.91. The molecule has 0 spiro atoms. The molecule has 1 aromatic rings. The molecule has 130 valence electrons. The van der Waals surface area contributed by atoms with Crippen LogP contribution in [0.25, 0.3) is 0 Å². The first-order valence-corrected chi connectivity index (χ1v) is 8.85. The second kappa shape index (κ2) is 6.83. The predicted molar refractivity (Wildman–Crippen MR) is 93.4 cm³/mol. The lowest BCUT2D eigenvalue weighted by molar-refractivity contribution is -0.122. The molecule has 1 aromatic carbocycles. The van der Waals surface area contributed by atoms with Gasteiger partial charge in [0, 0.05) is 18.9 Å². The zero-order valence-corrected chi connectivity index (χ0v) is 14.7. The number of cyclic esters (lactones) is 1. The number of aryl methyl sites for hydroxylation is 2. The van der Waals surface area contributed by atoms with Crippen LogP contribution in [0.2, 0.25) is 0 Å². The van der Waals surface area contributed by atoms with Crippen molar-refractivity contribution in [2.75, 3.05) is 18.0 Å². The Hall–Kier alpha value is -2.04. The van der Waals surface area contributed by atoms with Gasteiger partial charge in [0.1, 0.15) is 6.10 Å². The molecule has 2 fully saturated rings. The highest BCUT2D eigenvalue weighted by molar-refractivity contribution is 5.91. The fourth-order valence-corrected chi connectivity index (χ4v) is 3.74. The monoisotopic (exact) mass is 330 g/mol. The second-order valence-corrected chi connectivity index (χ2v) is 6.94. The maximum atomic E-state index is 12.2. The molecule has 2 amide bonds. The van der Waals surface area contributed by atoms with Gasteiger partial charge in [-0.25, -0.2) is 4.79 Å². The molecular formula is C19H26N2O3. The number of rotatable bonds is 4. The fraction of sp³-hybridized carbons (Fsp3) is 0.579. The predicted octanol–water partition coefficient (Wildman–Crippen LogP) is 3.42. The summed E-state index contributed by atoms with van der Waals surface area (Å²) in [7, 11) is 0. The van der Waals surface area contributed by atoms with Crippen LogP contribution in [0.5, 0.6) is 0 Å². The van der Waals surface area contributed by atoms with Crippen LogP contribution in [-0.2, 0) is 9.53 Å². The SMILES string of the molecule is CCCC1CN(c2cc(C)c(C3CCC(=O)NC3)cc2C)C(=O)O1. The lowest BCUT2D eigenvalue weighted by Gasteiger charge is -2.26. The third-order valence-corrected chi connectivity index (χ3v) is 5.07. The molecule has 1 N–H and O–H groups in total. The van der Waals surface area contributed by atoms with Gasteiger partial charge in [0.2, 0.25) is 5.91 Å². The first-order chi connectivity index (χ1) is 11.5. The van der Waals surface area contributed by atoms with Crippen LogP contribution in [-0.4, -0.2) is 31.2 Å². The summed E-state index contributed by atoms with van der Waals surface area (Å²) in [6.45, 7) is 7.55. The topological polar surface area (TPSA) is 58.6 Å². The van der Waals surface area contributed by atoms with E-state index in [2.05, 4.69) is 31.3 Å². The summed E-state index contributed by atoms with van der Waals surface area (Å²) < 4.78 is 5.46. The molecular weight excluding hydrogens is 304 g/mol. The van der Waals surface area contributed by atoms with E-state index in [4.69, 9.17) is 4.74 Å². The van der Waals surface area contributed by atoms with E-state index in [0.29, 0.717) is 25.4 Å². The van der Waals surface area contributed by atoms with E-state index < -0.39 is 0 Å². The quantitative estimate of drug-likeness (QED) is 0.920. The summed E-state index contributed by atoms with van der Waals surface area (Å²) in [5.41, 5.74) is 4.47. The number of ether oxygens (including phenoxy) is 1. The fourth-order valence-electron chi connectivity index (χ4n) is 3.74. The van der Waals surface area contributed by atoms with Crippen LogP contribution in [0.4, 0.5) is 10.5 Å².